The number of fused-ring (bicyclic) bond motifs is 1. The molecule has 4 rings (SSSR count). The highest BCUT2D eigenvalue weighted by Crippen LogP contribution is 2.47. The minimum Gasteiger partial charge on any atom is -0.495 e. The Labute approximate surface area is 207 Å². The van der Waals surface area contributed by atoms with Gasteiger partial charge in [0.1, 0.15) is 5.75 Å². The van der Waals surface area contributed by atoms with Crippen molar-refractivity contribution in [3.05, 3.63) is 68.4 Å². The molecule has 9 heteroatoms. The van der Waals surface area contributed by atoms with Gasteiger partial charge >= 0.3 is 0 Å². The molecule has 0 radical (unpaired) electrons. The lowest BCUT2D eigenvalue weighted by Gasteiger charge is -2.39. The zero-order valence-electron chi connectivity index (χ0n) is 19.5. The van der Waals surface area contributed by atoms with Crippen molar-refractivity contribution in [3.63, 3.8) is 0 Å². The summed E-state index contributed by atoms with van der Waals surface area (Å²) in [6.07, 6.45) is 0. The predicted molar refractivity (Wildman–Crippen MR) is 133 cm³/mol. The van der Waals surface area contributed by atoms with Crippen LogP contribution in [0.4, 0.5) is 5.69 Å². The largest absolute Gasteiger partial charge is 0.495 e. The van der Waals surface area contributed by atoms with Gasteiger partial charge < -0.3 is 24.4 Å². The molecule has 0 spiro atoms. The normalized spacial score (nSPS) is 17.2. The molecule has 0 aliphatic carbocycles. The lowest BCUT2D eigenvalue weighted by atomic mass is 9.81. The van der Waals surface area contributed by atoms with E-state index in [9.17, 15) is 9.59 Å². The van der Waals surface area contributed by atoms with Crippen molar-refractivity contribution >= 4 is 40.4 Å². The van der Waals surface area contributed by atoms with E-state index in [1.807, 2.05) is 24.4 Å². The Kier molecular flexibility index (Phi) is 6.72. The standard InChI is InChI=1S/C25H25ClN2O5S/c1-13-9-17(18(31-3)12-16(13)26)27-24(29)22-14-10-19(32-4)20(33-5)11-15(14)25(30)28(2)23(22)21-7-6-8-34-21/h6-12,22-23H,1-5H3,(H,27,29)/t22-,23+/m1/s1. The highest BCUT2D eigenvalue weighted by molar-refractivity contribution is 7.10. The summed E-state index contributed by atoms with van der Waals surface area (Å²) in [5.74, 6) is 0.124. The van der Waals surface area contributed by atoms with Crippen molar-refractivity contribution in [2.75, 3.05) is 33.7 Å². The van der Waals surface area contributed by atoms with Crippen LogP contribution in [-0.4, -0.2) is 45.1 Å². The lowest BCUT2D eigenvalue weighted by Crippen LogP contribution is -2.43. The van der Waals surface area contributed by atoms with Crippen molar-refractivity contribution < 1.29 is 23.8 Å². The Morgan fingerprint density at radius 3 is 2.35 bits per heavy atom. The monoisotopic (exact) mass is 500 g/mol. The third-order valence-corrected chi connectivity index (χ3v) is 7.38. The molecule has 0 bridgehead atoms. The van der Waals surface area contributed by atoms with Crippen LogP contribution in [0.1, 0.15) is 38.3 Å². The third kappa shape index (κ3) is 4.08. The molecule has 0 saturated heterocycles. The van der Waals surface area contributed by atoms with Gasteiger partial charge in [-0.15, -0.1) is 11.3 Å². The highest BCUT2D eigenvalue weighted by atomic mass is 35.5. The summed E-state index contributed by atoms with van der Waals surface area (Å²) < 4.78 is 16.3. The third-order valence-electron chi connectivity index (χ3n) is 6.03. The average molecular weight is 501 g/mol. The average Bonchev–Trinajstić information content (AvgIpc) is 3.36. The molecule has 1 N–H and O–H groups in total. The Balaban J connectivity index is 1.87. The number of rotatable bonds is 6. The van der Waals surface area contributed by atoms with E-state index >= 15 is 0 Å². The molecule has 1 aromatic heterocycles. The predicted octanol–water partition coefficient (Wildman–Crippen LogP) is 5.28. The fraction of sp³-hybridized carbons (Fsp3) is 0.280. The maximum Gasteiger partial charge on any atom is 0.254 e. The first-order valence-corrected chi connectivity index (χ1v) is 11.8. The van der Waals surface area contributed by atoms with Crippen LogP contribution in [0.25, 0.3) is 0 Å². The fourth-order valence-electron chi connectivity index (χ4n) is 4.29. The smallest absolute Gasteiger partial charge is 0.254 e. The van der Waals surface area contributed by atoms with Gasteiger partial charge in [0, 0.05) is 28.6 Å². The van der Waals surface area contributed by atoms with Crippen molar-refractivity contribution in [3.8, 4) is 17.2 Å². The number of ether oxygens (including phenoxy) is 3. The quantitative estimate of drug-likeness (QED) is 0.498. The van der Waals surface area contributed by atoms with E-state index in [0.717, 1.165) is 10.4 Å². The summed E-state index contributed by atoms with van der Waals surface area (Å²) in [7, 11) is 6.26. The van der Waals surface area contributed by atoms with E-state index in [2.05, 4.69) is 5.32 Å². The van der Waals surface area contributed by atoms with Gasteiger partial charge in [0.2, 0.25) is 5.91 Å². The first-order valence-electron chi connectivity index (χ1n) is 10.5. The van der Waals surface area contributed by atoms with Gasteiger partial charge in [-0.3, -0.25) is 9.59 Å². The number of methoxy groups -OCH3 is 3. The zero-order valence-corrected chi connectivity index (χ0v) is 21.0. The zero-order chi connectivity index (χ0) is 24.6. The van der Waals surface area contributed by atoms with Crippen LogP contribution < -0.4 is 19.5 Å². The number of nitrogens with one attached hydrogen (secondary N) is 1. The Hall–Kier alpha value is -3.23. The second kappa shape index (κ2) is 9.56. The minimum absolute atomic E-state index is 0.196. The van der Waals surface area contributed by atoms with Gasteiger partial charge in [0.05, 0.1) is 39.0 Å². The molecular weight excluding hydrogens is 476 g/mol. The van der Waals surface area contributed by atoms with Crippen molar-refractivity contribution in [2.45, 2.75) is 18.9 Å². The molecule has 2 heterocycles. The maximum absolute atomic E-state index is 13.9. The Morgan fingerprint density at radius 1 is 1.06 bits per heavy atom. The van der Waals surface area contributed by atoms with Gasteiger partial charge in [-0.25, -0.2) is 0 Å². The van der Waals surface area contributed by atoms with Crippen LogP contribution in [0, 0.1) is 6.92 Å². The molecule has 0 unspecified atom stereocenters. The number of likely N-dealkylation sites (N-methyl/N-ethyl adjacent to an activating group) is 1. The first kappa shape index (κ1) is 23.9. The number of carbonyl (C=O) groups excluding carboxylic acids is 2. The highest BCUT2D eigenvalue weighted by Gasteiger charge is 2.44. The molecular formula is C25H25ClN2O5S. The summed E-state index contributed by atoms with van der Waals surface area (Å²) in [4.78, 5) is 29.8. The number of nitrogens with zero attached hydrogens (tertiary/aromatic N) is 1. The van der Waals surface area contributed by atoms with Crippen molar-refractivity contribution in [2.24, 2.45) is 0 Å². The number of hydrogen-bond acceptors (Lipinski definition) is 6. The van der Waals surface area contributed by atoms with Crippen molar-refractivity contribution in [1.82, 2.24) is 4.90 Å². The number of amides is 2. The molecule has 0 fully saturated rings. The Bertz CT molecular complexity index is 1240. The molecule has 2 amide bonds. The van der Waals surface area contributed by atoms with Gasteiger partial charge in [0.15, 0.2) is 11.5 Å². The maximum atomic E-state index is 13.9. The van der Waals surface area contributed by atoms with Gasteiger partial charge in [0.25, 0.3) is 5.91 Å². The van der Waals surface area contributed by atoms with Crippen LogP contribution in [-0.2, 0) is 4.79 Å². The van der Waals surface area contributed by atoms with Crippen LogP contribution in [0.2, 0.25) is 5.02 Å². The van der Waals surface area contributed by atoms with Crippen LogP contribution >= 0.6 is 22.9 Å². The minimum atomic E-state index is -0.711. The number of benzene rings is 2. The van der Waals surface area contributed by atoms with Gasteiger partial charge in [-0.2, -0.15) is 0 Å². The topological polar surface area (TPSA) is 77.1 Å². The second-order valence-electron chi connectivity index (χ2n) is 7.94. The summed E-state index contributed by atoms with van der Waals surface area (Å²) in [5.41, 5.74) is 2.27. The fourth-order valence-corrected chi connectivity index (χ4v) is 5.35. The molecule has 1 aliphatic rings. The summed E-state index contributed by atoms with van der Waals surface area (Å²) >= 11 is 7.74. The molecule has 178 valence electrons. The van der Waals surface area contributed by atoms with E-state index in [1.165, 1.54) is 32.7 Å². The van der Waals surface area contributed by atoms with E-state index in [1.54, 1.807) is 36.2 Å². The second-order valence-corrected chi connectivity index (χ2v) is 9.33. The Morgan fingerprint density at radius 2 is 1.74 bits per heavy atom. The SMILES string of the molecule is COc1cc(Cl)c(C)cc1NC(=O)[C@@H]1c2cc(OC)c(OC)cc2C(=O)N(C)[C@H]1c1cccs1. The van der Waals surface area contributed by atoms with Gasteiger partial charge in [-0.05, 0) is 47.7 Å². The number of thiophene rings is 1. The summed E-state index contributed by atoms with van der Waals surface area (Å²) in [5, 5.41) is 5.47. The summed E-state index contributed by atoms with van der Waals surface area (Å²) in [6.45, 7) is 1.85. The lowest BCUT2D eigenvalue weighted by molar-refractivity contribution is -0.119. The molecule has 0 saturated carbocycles. The number of hydrogen-bond donors (Lipinski definition) is 1. The van der Waals surface area contributed by atoms with Crippen LogP contribution in [0.3, 0.4) is 0 Å². The number of aryl methyl sites for hydroxylation is 1. The van der Waals surface area contributed by atoms with E-state index in [0.29, 0.717) is 39.1 Å². The van der Waals surface area contributed by atoms with Crippen LogP contribution in [0.15, 0.2) is 41.8 Å². The number of halogens is 1. The molecule has 7 nitrogen and oxygen atoms in total. The molecule has 2 atom stereocenters. The molecule has 3 aromatic rings. The summed E-state index contributed by atoms with van der Waals surface area (Å²) in [6, 6.07) is 10.1. The van der Waals surface area contributed by atoms with E-state index in [4.69, 9.17) is 25.8 Å². The molecule has 2 aromatic carbocycles. The van der Waals surface area contributed by atoms with Crippen LogP contribution in [0.5, 0.6) is 17.2 Å². The number of carbonyl (C=O) groups is 2. The van der Waals surface area contributed by atoms with Gasteiger partial charge in [-0.1, -0.05) is 17.7 Å². The number of anilines is 1. The van der Waals surface area contributed by atoms with E-state index < -0.39 is 12.0 Å². The van der Waals surface area contributed by atoms with Crippen molar-refractivity contribution in [1.29, 1.82) is 0 Å². The molecule has 1 aliphatic heterocycles. The van der Waals surface area contributed by atoms with E-state index in [-0.39, 0.29) is 11.8 Å². The first-order chi connectivity index (χ1) is 16.3. The molecule has 34 heavy (non-hydrogen) atoms.